The van der Waals surface area contributed by atoms with Crippen LogP contribution in [0.4, 0.5) is 4.39 Å². The summed E-state index contributed by atoms with van der Waals surface area (Å²) in [6.45, 7) is 0. The van der Waals surface area contributed by atoms with Crippen LogP contribution in [0.1, 0.15) is 16.7 Å². The molecule has 2 aromatic carbocycles. The van der Waals surface area contributed by atoms with Crippen molar-refractivity contribution >= 4 is 23.1 Å². The van der Waals surface area contributed by atoms with Crippen molar-refractivity contribution in [2.45, 2.75) is 5.75 Å². The molecule has 2 rings (SSSR count). The lowest BCUT2D eigenvalue weighted by Gasteiger charge is -1.99. The standard InChI is InChI=1S/C17H14FN3S/c1-2-14-8-9-16(18)10-15(14)11-20-21-17(19)22-12-13-6-4-3-5-7-13/h1,3-11H,12H2,(H2,19,21). The minimum absolute atomic E-state index is 0.332. The highest BCUT2D eigenvalue weighted by molar-refractivity contribution is 8.13. The summed E-state index contributed by atoms with van der Waals surface area (Å²) in [5.41, 5.74) is 7.96. The number of nitrogens with two attached hydrogens (primary N) is 1. The number of rotatable bonds is 4. The number of terminal acetylenes is 1. The Balaban J connectivity index is 1.99. The molecule has 0 aromatic heterocycles. The second-order valence-electron chi connectivity index (χ2n) is 4.33. The molecule has 0 amide bonds. The van der Waals surface area contributed by atoms with Gasteiger partial charge in [-0.05, 0) is 23.8 Å². The van der Waals surface area contributed by atoms with E-state index in [0.717, 1.165) is 5.56 Å². The molecule has 22 heavy (non-hydrogen) atoms. The van der Waals surface area contributed by atoms with Crippen LogP contribution >= 0.6 is 11.8 Å². The van der Waals surface area contributed by atoms with Crippen LogP contribution in [-0.4, -0.2) is 11.4 Å². The number of hydrogen-bond acceptors (Lipinski definition) is 3. The molecule has 2 N–H and O–H groups in total. The zero-order valence-electron chi connectivity index (χ0n) is 11.7. The molecule has 0 unspecified atom stereocenters. The highest BCUT2D eigenvalue weighted by Gasteiger charge is 2.00. The minimum Gasteiger partial charge on any atom is -0.377 e. The van der Waals surface area contributed by atoms with E-state index in [1.54, 1.807) is 0 Å². The molecule has 0 aliphatic rings. The maximum Gasteiger partial charge on any atom is 0.180 e. The maximum absolute atomic E-state index is 13.2. The summed E-state index contributed by atoms with van der Waals surface area (Å²) in [5, 5.41) is 8.07. The molecule has 3 nitrogen and oxygen atoms in total. The first-order valence-electron chi connectivity index (χ1n) is 6.48. The van der Waals surface area contributed by atoms with Crippen LogP contribution in [0, 0.1) is 18.2 Å². The van der Waals surface area contributed by atoms with Crippen LogP contribution in [0.2, 0.25) is 0 Å². The van der Waals surface area contributed by atoms with Gasteiger partial charge in [-0.25, -0.2) is 4.39 Å². The fraction of sp³-hybridized carbons (Fsp3) is 0.0588. The van der Waals surface area contributed by atoms with Crippen molar-refractivity contribution in [2.75, 3.05) is 0 Å². The lowest BCUT2D eigenvalue weighted by Crippen LogP contribution is -2.06. The summed E-state index contributed by atoms with van der Waals surface area (Å²) in [7, 11) is 0. The normalized spacial score (nSPS) is 11.5. The van der Waals surface area contributed by atoms with Gasteiger partial charge in [-0.3, -0.25) is 0 Å². The summed E-state index contributed by atoms with van der Waals surface area (Å²) in [6, 6.07) is 14.0. The number of thioether (sulfide) groups is 1. The van der Waals surface area contributed by atoms with Crippen molar-refractivity contribution in [3.63, 3.8) is 0 Å². The van der Waals surface area contributed by atoms with Crippen molar-refractivity contribution in [3.8, 4) is 12.3 Å². The predicted molar refractivity (Wildman–Crippen MR) is 91.3 cm³/mol. The van der Waals surface area contributed by atoms with Crippen LogP contribution in [0.3, 0.4) is 0 Å². The van der Waals surface area contributed by atoms with Crippen LogP contribution in [0.25, 0.3) is 0 Å². The van der Waals surface area contributed by atoms with Gasteiger partial charge in [0.25, 0.3) is 0 Å². The number of amidine groups is 1. The largest absolute Gasteiger partial charge is 0.377 e. The summed E-state index contributed by atoms with van der Waals surface area (Å²) >= 11 is 1.38. The van der Waals surface area contributed by atoms with Gasteiger partial charge in [0.15, 0.2) is 5.17 Å². The van der Waals surface area contributed by atoms with Gasteiger partial charge < -0.3 is 5.73 Å². The fourth-order valence-electron chi connectivity index (χ4n) is 1.68. The molecule has 0 radical (unpaired) electrons. The van der Waals surface area contributed by atoms with Crippen molar-refractivity contribution < 1.29 is 4.39 Å². The quantitative estimate of drug-likeness (QED) is 0.407. The Morgan fingerprint density at radius 3 is 2.77 bits per heavy atom. The van der Waals surface area contributed by atoms with Crippen molar-refractivity contribution in [3.05, 3.63) is 71.0 Å². The second-order valence-corrected chi connectivity index (χ2v) is 5.33. The SMILES string of the molecule is C#Cc1ccc(F)cc1C=NN=C(N)SCc1ccccc1. The molecule has 5 heteroatoms. The minimum atomic E-state index is -0.379. The first kappa shape index (κ1) is 15.8. The first-order valence-corrected chi connectivity index (χ1v) is 7.47. The Labute approximate surface area is 133 Å². The Kier molecular flexibility index (Phi) is 5.75. The zero-order chi connectivity index (χ0) is 15.8. The van der Waals surface area contributed by atoms with Gasteiger partial charge in [0, 0.05) is 16.9 Å². The van der Waals surface area contributed by atoms with Crippen molar-refractivity contribution in [1.29, 1.82) is 0 Å². The molecule has 110 valence electrons. The molecule has 0 saturated carbocycles. The van der Waals surface area contributed by atoms with Gasteiger partial charge in [-0.15, -0.1) is 11.5 Å². The summed E-state index contributed by atoms with van der Waals surface area (Å²) in [5.74, 6) is 2.80. The average molecular weight is 311 g/mol. The zero-order valence-corrected chi connectivity index (χ0v) is 12.6. The molecular formula is C17H14FN3S. The third kappa shape index (κ3) is 4.76. The summed E-state index contributed by atoms with van der Waals surface area (Å²) < 4.78 is 13.2. The lowest BCUT2D eigenvalue weighted by molar-refractivity contribution is 0.627. The van der Waals surface area contributed by atoms with E-state index in [2.05, 4.69) is 16.1 Å². The Bertz CT molecular complexity index is 733. The number of nitrogens with zero attached hydrogens (tertiary/aromatic N) is 2. The van der Waals surface area contributed by atoms with E-state index in [0.29, 0.717) is 22.0 Å². The Morgan fingerprint density at radius 1 is 1.27 bits per heavy atom. The highest BCUT2D eigenvalue weighted by Crippen LogP contribution is 2.12. The van der Waals surface area contributed by atoms with Gasteiger partial charge in [-0.1, -0.05) is 48.0 Å². The molecule has 0 aliphatic carbocycles. The fourth-order valence-corrected chi connectivity index (χ4v) is 2.29. The van der Waals surface area contributed by atoms with E-state index in [-0.39, 0.29) is 5.82 Å². The van der Waals surface area contributed by atoms with E-state index in [9.17, 15) is 4.39 Å². The number of benzene rings is 2. The Hall–Kier alpha value is -2.58. The third-order valence-corrected chi connectivity index (χ3v) is 3.61. The second kappa shape index (κ2) is 8.01. The van der Waals surface area contributed by atoms with Gasteiger partial charge in [0.05, 0.1) is 6.21 Å². The third-order valence-electron chi connectivity index (χ3n) is 2.75. The lowest BCUT2D eigenvalue weighted by atomic mass is 10.1. The molecule has 0 aliphatic heterocycles. The van der Waals surface area contributed by atoms with Crippen LogP contribution < -0.4 is 5.73 Å². The van der Waals surface area contributed by atoms with Crippen LogP contribution in [0.15, 0.2) is 58.7 Å². The van der Waals surface area contributed by atoms with E-state index < -0.39 is 0 Å². The van der Waals surface area contributed by atoms with Gasteiger partial charge in [0.1, 0.15) is 5.82 Å². The van der Waals surface area contributed by atoms with E-state index in [4.69, 9.17) is 12.2 Å². The van der Waals surface area contributed by atoms with E-state index in [1.165, 1.54) is 36.2 Å². The summed E-state index contributed by atoms with van der Waals surface area (Å²) in [4.78, 5) is 0. The topological polar surface area (TPSA) is 50.7 Å². The first-order chi connectivity index (χ1) is 10.7. The molecule has 2 aromatic rings. The molecule has 0 spiro atoms. The average Bonchev–Trinajstić information content (AvgIpc) is 2.54. The molecule has 0 bridgehead atoms. The monoisotopic (exact) mass is 311 g/mol. The predicted octanol–water partition coefficient (Wildman–Crippen LogP) is 3.39. The van der Waals surface area contributed by atoms with E-state index in [1.807, 2.05) is 30.3 Å². The molecule has 0 heterocycles. The van der Waals surface area contributed by atoms with Crippen molar-refractivity contribution in [2.24, 2.45) is 15.9 Å². The number of halogens is 1. The van der Waals surface area contributed by atoms with Crippen LogP contribution in [0.5, 0.6) is 0 Å². The summed E-state index contributed by atoms with van der Waals surface area (Å²) in [6.07, 6.45) is 6.74. The highest BCUT2D eigenvalue weighted by atomic mass is 32.2. The maximum atomic E-state index is 13.2. The van der Waals surface area contributed by atoms with Crippen molar-refractivity contribution in [1.82, 2.24) is 0 Å². The van der Waals surface area contributed by atoms with Gasteiger partial charge in [-0.2, -0.15) is 5.10 Å². The smallest absolute Gasteiger partial charge is 0.180 e. The molecular weight excluding hydrogens is 297 g/mol. The van der Waals surface area contributed by atoms with Crippen LogP contribution in [-0.2, 0) is 5.75 Å². The Morgan fingerprint density at radius 2 is 2.05 bits per heavy atom. The molecule has 0 atom stereocenters. The van der Waals surface area contributed by atoms with E-state index >= 15 is 0 Å². The molecule has 0 fully saturated rings. The van der Waals surface area contributed by atoms with Gasteiger partial charge >= 0.3 is 0 Å². The molecule has 0 saturated heterocycles. The van der Waals surface area contributed by atoms with Gasteiger partial charge in [0.2, 0.25) is 0 Å². The number of hydrogen-bond donors (Lipinski definition) is 1.